The van der Waals surface area contributed by atoms with E-state index < -0.39 is 97.5 Å². The zero-order chi connectivity index (χ0) is 69.4. The van der Waals surface area contributed by atoms with Gasteiger partial charge in [0.15, 0.2) is 12.2 Å². The van der Waals surface area contributed by atoms with Gasteiger partial charge in [0.2, 0.25) is 0 Å². The van der Waals surface area contributed by atoms with E-state index in [0.717, 1.165) is 108 Å². The minimum absolute atomic E-state index is 0.107. The molecule has 0 radical (unpaired) electrons. The lowest BCUT2D eigenvalue weighted by Gasteiger charge is -2.21. The first-order chi connectivity index (χ1) is 45.2. The summed E-state index contributed by atoms with van der Waals surface area (Å²) < 4.78 is 68.5. The highest BCUT2D eigenvalue weighted by molar-refractivity contribution is 7.47. The van der Waals surface area contributed by atoms with Crippen molar-refractivity contribution in [3.63, 3.8) is 0 Å². The number of hydrogen-bond donors (Lipinski definition) is 3. The number of aliphatic hydroxyl groups is 1. The molecule has 0 aliphatic heterocycles. The Morgan fingerprint density at radius 2 is 0.489 bits per heavy atom. The maximum atomic E-state index is 13.1. The van der Waals surface area contributed by atoms with Crippen LogP contribution < -0.4 is 0 Å². The van der Waals surface area contributed by atoms with Crippen molar-refractivity contribution < 1.29 is 80.2 Å². The van der Waals surface area contributed by atoms with Crippen LogP contribution in [0.5, 0.6) is 0 Å². The lowest BCUT2D eigenvalue weighted by Crippen LogP contribution is -2.30. The van der Waals surface area contributed by atoms with E-state index in [-0.39, 0.29) is 25.7 Å². The average Bonchev–Trinajstić information content (AvgIpc) is 1.92. The Morgan fingerprint density at radius 1 is 0.287 bits per heavy atom. The smallest absolute Gasteiger partial charge is 0.462 e. The molecule has 2 unspecified atom stereocenters. The van der Waals surface area contributed by atoms with Crippen molar-refractivity contribution in [3.05, 3.63) is 0 Å². The number of unbranched alkanes of at least 4 members (excludes halogenated alkanes) is 41. The molecule has 0 bridgehead atoms. The summed E-state index contributed by atoms with van der Waals surface area (Å²) in [4.78, 5) is 72.8. The van der Waals surface area contributed by atoms with Crippen LogP contribution in [0.2, 0.25) is 0 Å². The van der Waals surface area contributed by atoms with Crippen LogP contribution in [0.15, 0.2) is 0 Å². The van der Waals surface area contributed by atoms with Crippen LogP contribution in [0.4, 0.5) is 0 Å². The Balaban J connectivity index is 5.26. The average molecular weight is 1380 g/mol. The number of aliphatic hydroxyl groups excluding tert-OH is 1. The summed E-state index contributed by atoms with van der Waals surface area (Å²) in [6.07, 6.45) is 51.3. The molecule has 5 atom stereocenters. The molecule has 0 saturated heterocycles. The summed E-state index contributed by atoms with van der Waals surface area (Å²) in [6.45, 7) is 11.9. The molecule has 3 N–H and O–H groups in total. The molecule has 0 rings (SSSR count). The van der Waals surface area contributed by atoms with Gasteiger partial charge in [-0.15, -0.1) is 0 Å². The van der Waals surface area contributed by atoms with Crippen LogP contribution in [0.1, 0.15) is 382 Å². The summed E-state index contributed by atoms with van der Waals surface area (Å²) >= 11 is 0. The van der Waals surface area contributed by atoms with Gasteiger partial charge in [-0.1, -0.05) is 331 Å². The first kappa shape index (κ1) is 92.1. The summed E-state index contributed by atoms with van der Waals surface area (Å²) in [6, 6.07) is 0. The SMILES string of the molecule is CCCCCCCCCCCCCCCC(=O)O[C@H](COC(=O)CCCCCCCCCCC(C)C)COP(=O)(O)OC[C@H](O)COP(=O)(O)OC[C@@H](COC(=O)CCCCCCCCCCCCC(C)C)OC(=O)CCCCCCCCCCCCCCCCC(C)C. The zero-order valence-corrected chi connectivity index (χ0v) is 63.2. The van der Waals surface area contributed by atoms with Gasteiger partial charge in [-0.2, -0.15) is 0 Å². The van der Waals surface area contributed by atoms with E-state index in [1.807, 2.05) is 0 Å². The summed E-state index contributed by atoms with van der Waals surface area (Å²) in [5, 5.41) is 10.6. The maximum absolute atomic E-state index is 13.1. The van der Waals surface area contributed by atoms with Gasteiger partial charge in [0, 0.05) is 25.7 Å². The predicted molar refractivity (Wildman–Crippen MR) is 381 cm³/mol. The molecule has 0 saturated carbocycles. The molecule has 19 heteroatoms. The van der Waals surface area contributed by atoms with Gasteiger partial charge in [-0.05, 0) is 43.4 Å². The van der Waals surface area contributed by atoms with Gasteiger partial charge in [0.25, 0.3) is 0 Å². The predicted octanol–water partition coefficient (Wildman–Crippen LogP) is 21.8. The standard InChI is InChI=1S/C75H146O17P2/c1-8-9-10-11-12-13-14-17-21-28-37-44-51-58-74(79)92-71(63-86-73(78)57-50-43-36-31-30-34-41-48-55-68(6)7)65-90-94(83,84)88-61-69(76)60-87-93(81,82)89-64-70(62-85-72(77)56-49-42-35-27-24-23-26-33-40-47-54-67(4)5)91-75(80)59-52-45-38-29-22-19-16-15-18-20-25-32-39-46-53-66(2)3/h66-71,76H,8-65H2,1-7H3,(H,81,82)(H,83,84)/t69-,70-,71-/m1/s1. The van der Waals surface area contributed by atoms with E-state index in [9.17, 15) is 43.2 Å². The summed E-state index contributed by atoms with van der Waals surface area (Å²) in [5.41, 5.74) is 0. The van der Waals surface area contributed by atoms with Crippen molar-refractivity contribution in [1.29, 1.82) is 0 Å². The second-order valence-electron chi connectivity index (χ2n) is 28.5. The Labute approximate surface area is 575 Å². The van der Waals surface area contributed by atoms with Crippen LogP contribution in [0, 0.1) is 17.8 Å². The van der Waals surface area contributed by atoms with Crippen molar-refractivity contribution in [1.82, 2.24) is 0 Å². The van der Waals surface area contributed by atoms with E-state index in [4.69, 9.17) is 37.0 Å². The van der Waals surface area contributed by atoms with Crippen molar-refractivity contribution in [3.8, 4) is 0 Å². The monoisotopic (exact) mass is 1380 g/mol. The molecule has 0 aliphatic rings. The third kappa shape index (κ3) is 68.6. The quantitative estimate of drug-likeness (QED) is 0.0222. The number of carbonyl (C=O) groups is 4. The summed E-state index contributed by atoms with van der Waals surface area (Å²) in [7, 11) is -9.91. The fourth-order valence-corrected chi connectivity index (χ4v) is 13.0. The van der Waals surface area contributed by atoms with E-state index in [1.54, 1.807) is 0 Å². The number of rotatable bonds is 73. The van der Waals surface area contributed by atoms with Gasteiger partial charge in [0.05, 0.1) is 26.4 Å². The lowest BCUT2D eigenvalue weighted by atomic mass is 10.0. The van der Waals surface area contributed by atoms with Gasteiger partial charge >= 0.3 is 39.5 Å². The molecule has 0 aliphatic carbocycles. The highest BCUT2D eigenvalue weighted by atomic mass is 31.2. The molecule has 0 fully saturated rings. The van der Waals surface area contributed by atoms with Crippen LogP contribution in [0.25, 0.3) is 0 Å². The molecule has 0 aromatic heterocycles. The Kier molecular flexibility index (Phi) is 64.3. The van der Waals surface area contributed by atoms with Crippen molar-refractivity contribution in [2.24, 2.45) is 17.8 Å². The molecule has 558 valence electrons. The van der Waals surface area contributed by atoms with Crippen molar-refractivity contribution >= 4 is 39.5 Å². The number of ether oxygens (including phenoxy) is 4. The minimum Gasteiger partial charge on any atom is -0.462 e. The Morgan fingerprint density at radius 3 is 0.723 bits per heavy atom. The van der Waals surface area contributed by atoms with Crippen LogP contribution in [0.3, 0.4) is 0 Å². The second kappa shape index (κ2) is 65.7. The van der Waals surface area contributed by atoms with Crippen LogP contribution in [-0.4, -0.2) is 96.7 Å². The van der Waals surface area contributed by atoms with Crippen molar-refractivity contribution in [2.45, 2.75) is 401 Å². The maximum Gasteiger partial charge on any atom is 0.472 e. The van der Waals surface area contributed by atoms with Gasteiger partial charge in [-0.3, -0.25) is 37.3 Å². The fourth-order valence-electron chi connectivity index (χ4n) is 11.4. The number of hydrogen-bond acceptors (Lipinski definition) is 15. The third-order valence-corrected chi connectivity index (χ3v) is 19.3. The molecular formula is C75H146O17P2. The number of carbonyl (C=O) groups excluding carboxylic acids is 4. The fraction of sp³-hybridized carbons (Fsp3) is 0.947. The number of phosphoric ester groups is 2. The Hall–Kier alpha value is -1.94. The van der Waals surface area contributed by atoms with Gasteiger partial charge in [-0.25, -0.2) is 9.13 Å². The van der Waals surface area contributed by atoms with E-state index in [1.165, 1.54) is 193 Å². The highest BCUT2D eigenvalue weighted by Gasteiger charge is 2.30. The van der Waals surface area contributed by atoms with Gasteiger partial charge in [0.1, 0.15) is 19.3 Å². The Bertz CT molecular complexity index is 1840. The minimum atomic E-state index is -4.96. The molecule has 0 spiro atoms. The topological polar surface area (TPSA) is 237 Å². The highest BCUT2D eigenvalue weighted by Crippen LogP contribution is 2.45. The molecule has 0 aromatic carbocycles. The van der Waals surface area contributed by atoms with Crippen LogP contribution in [-0.2, 0) is 65.4 Å². The normalized spacial score (nSPS) is 14.1. The molecule has 0 aromatic rings. The second-order valence-corrected chi connectivity index (χ2v) is 31.4. The molecule has 17 nitrogen and oxygen atoms in total. The zero-order valence-electron chi connectivity index (χ0n) is 61.4. The molecule has 0 heterocycles. The lowest BCUT2D eigenvalue weighted by molar-refractivity contribution is -0.161. The van der Waals surface area contributed by atoms with Crippen LogP contribution >= 0.6 is 15.6 Å². The van der Waals surface area contributed by atoms with E-state index in [2.05, 4.69) is 48.5 Å². The van der Waals surface area contributed by atoms with E-state index in [0.29, 0.717) is 25.7 Å². The summed E-state index contributed by atoms with van der Waals surface area (Å²) in [5.74, 6) is 0.162. The first-order valence-corrected chi connectivity index (χ1v) is 41.8. The molecular weight excluding hydrogens is 1230 g/mol. The van der Waals surface area contributed by atoms with Crippen molar-refractivity contribution in [2.75, 3.05) is 39.6 Å². The molecule has 0 amide bonds. The third-order valence-electron chi connectivity index (χ3n) is 17.4. The number of phosphoric acid groups is 2. The van der Waals surface area contributed by atoms with E-state index >= 15 is 0 Å². The first-order valence-electron chi connectivity index (χ1n) is 38.8. The number of esters is 4. The largest absolute Gasteiger partial charge is 0.472 e. The van der Waals surface area contributed by atoms with Gasteiger partial charge < -0.3 is 33.8 Å². The molecule has 94 heavy (non-hydrogen) atoms.